The molecule has 0 fully saturated rings. The number of benzene rings is 2. The Morgan fingerprint density at radius 2 is 2.00 bits per heavy atom. The first-order valence-electron chi connectivity index (χ1n) is 8.42. The van der Waals surface area contributed by atoms with Crippen LogP contribution in [0.2, 0.25) is 0 Å². The van der Waals surface area contributed by atoms with Crippen LogP contribution < -0.4 is 14.7 Å². The maximum Gasteiger partial charge on any atom is 0.279 e. The van der Waals surface area contributed by atoms with Gasteiger partial charge in [0.1, 0.15) is 5.75 Å². The molecule has 0 radical (unpaired) electrons. The third-order valence-corrected chi connectivity index (χ3v) is 5.86. The van der Waals surface area contributed by atoms with Crippen molar-refractivity contribution in [1.82, 2.24) is 4.57 Å². The first kappa shape index (κ1) is 20.0. The van der Waals surface area contributed by atoms with E-state index in [0.717, 1.165) is 5.52 Å². The molecule has 146 valence electrons. The van der Waals surface area contributed by atoms with Crippen molar-refractivity contribution in [3.8, 4) is 5.75 Å². The lowest BCUT2D eigenvalue weighted by Crippen LogP contribution is -2.16. The van der Waals surface area contributed by atoms with Gasteiger partial charge in [-0.15, -0.1) is 6.58 Å². The molecule has 1 amide bonds. The van der Waals surface area contributed by atoms with Crippen molar-refractivity contribution in [3.63, 3.8) is 0 Å². The van der Waals surface area contributed by atoms with E-state index in [4.69, 9.17) is 9.88 Å². The molecule has 2 aromatic carbocycles. The number of nitrogens with two attached hydrogens (primary N) is 1. The van der Waals surface area contributed by atoms with Gasteiger partial charge in [0.15, 0.2) is 4.80 Å². The minimum atomic E-state index is -3.82. The molecule has 9 heteroatoms. The van der Waals surface area contributed by atoms with E-state index in [0.29, 0.717) is 34.0 Å². The number of thiazole rings is 1. The number of fused-ring (bicyclic) bond motifs is 1. The maximum absolute atomic E-state index is 12.6. The summed E-state index contributed by atoms with van der Waals surface area (Å²) in [5, 5.41) is 5.21. The lowest BCUT2D eigenvalue weighted by atomic mass is 10.2. The predicted octanol–water partition coefficient (Wildman–Crippen LogP) is 2.68. The fourth-order valence-corrected chi connectivity index (χ4v) is 4.32. The van der Waals surface area contributed by atoms with Crippen LogP contribution in [0.3, 0.4) is 0 Å². The molecule has 0 atom stereocenters. The third-order valence-electron chi connectivity index (χ3n) is 3.90. The molecule has 0 aliphatic rings. The fourth-order valence-electron chi connectivity index (χ4n) is 2.63. The molecule has 0 saturated carbocycles. The fraction of sp³-hybridized carbons (Fsp3) is 0.158. The summed E-state index contributed by atoms with van der Waals surface area (Å²) in [6.45, 7) is 6.58. The minimum absolute atomic E-state index is 0.0105. The van der Waals surface area contributed by atoms with Gasteiger partial charge < -0.3 is 9.30 Å². The monoisotopic (exact) mass is 417 g/mol. The normalized spacial score (nSPS) is 12.3. The molecule has 3 rings (SSSR count). The Kier molecular flexibility index (Phi) is 5.78. The van der Waals surface area contributed by atoms with Crippen LogP contribution in [-0.4, -0.2) is 25.5 Å². The summed E-state index contributed by atoms with van der Waals surface area (Å²) in [5.41, 5.74) is 1.17. The lowest BCUT2D eigenvalue weighted by molar-refractivity contribution is 0.0998. The molecule has 1 aromatic heterocycles. The summed E-state index contributed by atoms with van der Waals surface area (Å²) >= 11 is 1.21. The second kappa shape index (κ2) is 8.09. The number of sulfonamides is 1. The Labute approximate surface area is 166 Å². The van der Waals surface area contributed by atoms with Gasteiger partial charge in [-0.2, -0.15) is 4.99 Å². The van der Waals surface area contributed by atoms with Crippen molar-refractivity contribution < 1.29 is 17.9 Å². The molecule has 2 N–H and O–H groups in total. The summed E-state index contributed by atoms with van der Waals surface area (Å²) in [5.74, 6) is 0.275. The smallest absolute Gasteiger partial charge is 0.279 e. The van der Waals surface area contributed by atoms with E-state index in [-0.39, 0.29) is 4.90 Å². The van der Waals surface area contributed by atoms with Crippen LogP contribution in [0.1, 0.15) is 17.3 Å². The Morgan fingerprint density at radius 1 is 1.29 bits per heavy atom. The van der Waals surface area contributed by atoms with E-state index >= 15 is 0 Å². The van der Waals surface area contributed by atoms with Gasteiger partial charge in [-0.05, 0) is 49.4 Å². The summed E-state index contributed by atoms with van der Waals surface area (Å²) in [4.78, 5) is 17.3. The van der Waals surface area contributed by atoms with Crippen molar-refractivity contribution in [1.29, 1.82) is 0 Å². The van der Waals surface area contributed by atoms with Gasteiger partial charge in [0.25, 0.3) is 5.91 Å². The average Bonchev–Trinajstić information content (AvgIpc) is 2.99. The number of amides is 1. The Hall–Kier alpha value is -2.75. The summed E-state index contributed by atoms with van der Waals surface area (Å²) in [6, 6.07) is 11.3. The largest absolute Gasteiger partial charge is 0.494 e. The van der Waals surface area contributed by atoms with E-state index in [2.05, 4.69) is 11.6 Å². The van der Waals surface area contributed by atoms with E-state index < -0.39 is 15.9 Å². The van der Waals surface area contributed by atoms with E-state index in [1.807, 2.05) is 6.92 Å². The van der Waals surface area contributed by atoms with Gasteiger partial charge >= 0.3 is 0 Å². The molecular formula is C19H19N3O4S2. The highest BCUT2D eigenvalue weighted by molar-refractivity contribution is 7.89. The zero-order valence-electron chi connectivity index (χ0n) is 15.2. The van der Waals surface area contributed by atoms with Crippen molar-refractivity contribution >= 4 is 37.5 Å². The number of hydrogen-bond donors (Lipinski definition) is 1. The van der Waals surface area contributed by atoms with Crippen LogP contribution in [0.4, 0.5) is 0 Å². The van der Waals surface area contributed by atoms with Gasteiger partial charge in [0.05, 0.1) is 21.7 Å². The maximum atomic E-state index is 12.6. The molecule has 0 aliphatic heterocycles. The van der Waals surface area contributed by atoms with Crippen molar-refractivity contribution in [2.75, 3.05) is 6.61 Å². The number of rotatable bonds is 6. The molecule has 0 aliphatic carbocycles. The Balaban J connectivity index is 2.08. The van der Waals surface area contributed by atoms with Crippen molar-refractivity contribution in [3.05, 3.63) is 65.5 Å². The summed E-state index contributed by atoms with van der Waals surface area (Å²) in [6.07, 6.45) is 1.68. The molecule has 1 heterocycles. The van der Waals surface area contributed by atoms with Crippen LogP contribution in [0.15, 0.2) is 65.0 Å². The van der Waals surface area contributed by atoms with E-state index in [1.54, 1.807) is 41.0 Å². The number of allylic oxidation sites excluding steroid dienone is 1. The predicted molar refractivity (Wildman–Crippen MR) is 109 cm³/mol. The number of ether oxygens (including phenoxy) is 1. The second-order valence-corrected chi connectivity index (χ2v) is 8.40. The zero-order valence-corrected chi connectivity index (χ0v) is 16.8. The third kappa shape index (κ3) is 4.22. The molecule has 0 saturated heterocycles. The highest BCUT2D eigenvalue weighted by Gasteiger charge is 2.13. The second-order valence-electron chi connectivity index (χ2n) is 5.83. The topological polar surface area (TPSA) is 104 Å². The molecule has 0 spiro atoms. The number of nitrogens with zero attached hydrogens (tertiary/aromatic N) is 2. The molecule has 3 aromatic rings. The van der Waals surface area contributed by atoms with Crippen LogP contribution >= 0.6 is 11.3 Å². The minimum Gasteiger partial charge on any atom is -0.494 e. The van der Waals surface area contributed by atoms with Gasteiger partial charge in [0.2, 0.25) is 10.0 Å². The molecule has 28 heavy (non-hydrogen) atoms. The van der Waals surface area contributed by atoms with Crippen LogP contribution in [0.5, 0.6) is 5.75 Å². The number of carbonyl (C=O) groups is 1. The first-order chi connectivity index (χ1) is 13.3. The highest BCUT2D eigenvalue weighted by Crippen LogP contribution is 2.21. The van der Waals surface area contributed by atoms with Crippen LogP contribution in [-0.2, 0) is 16.6 Å². The zero-order chi connectivity index (χ0) is 20.3. The molecule has 0 bridgehead atoms. The van der Waals surface area contributed by atoms with Gasteiger partial charge in [-0.25, -0.2) is 13.6 Å². The Morgan fingerprint density at radius 3 is 2.61 bits per heavy atom. The van der Waals surface area contributed by atoms with Gasteiger partial charge in [-0.3, -0.25) is 4.79 Å². The van der Waals surface area contributed by atoms with Gasteiger partial charge in [-0.1, -0.05) is 17.4 Å². The first-order valence-corrected chi connectivity index (χ1v) is 10.8. The SMILES string of the molecule is C=CCn1c(=NC(=O)c2ccc(OCC)cc2)sc2cc(S(N)(=O)=O)ccc21. The van der Waals surface area contributed by atoms with Crippen LogP contribution in [0, 0.1) is 0 Å². The van der Waals surface area contributed by atoms with Gasteiger partial charge in [0, 0.05) is 12.1 Å². The highest BCUT2D eigenvalue weighted by atomic mass is 32.2. The molecular weight excluding hydrogens is 398 g/mol. The lowest BCUT2D eigenvalue weighted by Gasteiger charge is -2.03. The summed E-state index contributed by atoms with van der Waals surface area (Å²) < 4.78 is 31.0. The van der Waals surface area contributed by atoms with E-state index in [1.165, 1.54) is 23.5 Å². The quantitative estimate of drug-likeness (QED) is 0.623. The van der Waals surface area contributed by atoms with Crippen molar-refractivity contribution in [2.24, 2.45) is 10.1 Å². The number of carbonyl (C=O) groups excluding carboxylic acids is 1. The number of primary sulfonamides is 1. The van der Waals surface area contributed by atoms with Crippen LogP contribution in [0.25, 0.3) is 10.2 Å². The van der Waals surface area contributed by atoms with E-state index in [9.17, 15) is 13.2 Å². The van der Waals surface area contributed by atoms with Crippen molar-refractivity contribution in [2.45, 2.75) is 18.4 Å². The standard InChI is InChI=1S/C19H19N3O4S2/c1-3-11-22-16-10-9-15(28(20,24)25)12-17(16)27-19(22)21-18(23)13-5-7-14(8-6-13)26-4-2/h3,5-10,12H,1,4,11H2,2H3,(H2,20,24,25). The average molecular weight is 418 g/mol. The molecule has 7 nitrogen and oxygen atoms in total. The summed E-state index contributed by atoms with van der Waals surface area (Å²) in [7, 11) is -3.82. The Bertz CT molecular complexity index is 1210. The number of aromatic nitrogens is 1. The molecule has 0 unspecified atom stereocenters. The number of hydrogen-bond acceptors (Lipinski definition) is 5.